The van der Waals surface area contributed by atoms with Gasteiger partial charge in [0, 0.05) is 11.8 Å². The number of nitrogens with zero attached hydrogens (tertiary/aromatic N) is 1. The molecule has 17 heavy (non-hydrogen) atoms. The standard InChI is InChI=1S/C13H13FN2O/c1-8-6-7-16-13(15)11(8)12(17)9-2-4-10(14)5-3-9/h2-7,12,17H,1H3,(H2,15,16). The summed E-state index contributed by atoms with van der Waals surface area (Å²) in [6.45, 7) is 1.85. The summed E-state index contributed by atoms with van der Waals surface area (Å²) in [4.78, 5) is 3.95. The van der Waals surface area contributed by atoms with Crippen LogP contribution in [0.4, 0.5) is 10.2 Å². The first-order valence-electron chi connectivity index (χ1n) is 5.24. The molecule has 0 saturated carbocycles. The number of aliphatic hydroxyl groups excluding tert-OH is 1. The number of benzene rings is 1. The molecular formula is C13H13FN2O. The van der Waals surface area contributed by atoms with E-state index < -0.39 is 6.10 Å². The molecule has 0 fully saturated rings. The van der Waals surface area contributed by atoms with Crippen LogP contribution in [-0.4, -0.2) is 10.1 Å². The Morgan fingerprint density at radius 2 is 1.88 bits per heavy atom. The van der Waals surface area contributed by atoms with E-state index in [0.29, 0.717) is 16.9 Å². The number of anilines is 1. The van der Waals surface area contributed by atoms with Gasteiger partial charge in [-0.2, -0.15) is 0 Å². The number of nitrogens with two attached hydrogens (primary N) is 1. The lowest BCUT2D eigenvalue weighted by Crippen LogP contribution is -2.07. The molecule has 0 aliphatic heterocycles. The van der Waals surface area contributed by atoms with Crippen molar-refractivity contribution in [2.24, 2.45) is 0 Å². The summed E-state index contributed by atoms with van der Waals surface area (Å²) >= 11 is 0. The van der Waals surface area contributed by atoms with Crippen molar-refractivity contribution in [3.63, 3.8) is 0 Å². The quantitative estimate of drug-likeness (QED) is 0.834. The van der Waals surface area contributed by atoms with E-state index in [2.05, 4.69) is 4.98 Å². The van der Waals surface area contributed by atoms with Gasteiger partial charge in [-0.05, 0) is 36.2 Å². The fraction of sp³-hybridized carbons (Fsp3) is 0.154. The van der Waals surface area contributed by atoms with Crippen molar-refractivity contribution in [3.8, 4) is 0 Å². The van der Waals surface area contributed by atoms with Crippen molar-refractivity contribution in [2.45, 2.75) is 13.0 Å². The van der Waals surface area contributed by atoms with Gasteiger partial charge in [0.15, 0.2) is 0 Å². The summed E-state index contributed by atoms with van der Waals surface area (Å²) < 4.78 is 12.8. The topological polar surface area (TPSA) is 59.1 Å². The molecule has 0 bridgehead atoms. The van der Waals surface area contributed by atoms with Crippen molar-refractivity contribution in [1.82, 2.24) is 4.98 Å². The molecule has 0 spiro atoms. The largest absolute Gasteiger partial charge is 0.384 e. The molecule has 3 nitrogen and oxygen atoms in total. The molecule has 2 aromatic rings. The van der Waals surface area contributed by atoms with Crippen LogP contribution in [-0.2, 0) is 0 Å². The number of pyridine rings is 1. The molecule has 3 N–H and O–H groups in total. The van der Waals surface area contributed by atoms with Crippen molar-refractivity contribution >= 4 is 5.82 Å². The third-order valence-electron chi connectivity index (χ3n) is 2.70. The lowest BCUT2D eigenvalue weighted by molar-refractivity contribution is 0.220. The van der Waals surface area contributed by atoms with E-state index in [1.54, 1.807) is 12.3 Å². The molecule has 4 heteroatoms. The van der Waals surface area contributed by atoms with Crippen LogP contribution < -0.4 is 5.73 Å². The number of nitrogen functional groups attached to an aromatic ring is 1. The Hall–Kier alpha value is -1.94. The van der Waals surface area contributed by atoms with Crippen LogP contribution >= 0.6 is 0 Å². The molecule has 1 aromatic carbocycles. The highest BCUT2D eigenvalue weighted by Gasteiger charge is 2.16. The summed E-state index contributed by atoms with van der Waals surface area (Å²) in [5.41, 5.74) is 7.76. The van der Waals surface area contributed by atoms with Crippen LogP contribution in [0.2, 0.25) is 0 Å². The molecule has 88 valence electrons. The molecule has 0 aliphatic carbocycles. The van der Waals surface area contributed by atoms with E-state index in [4.69, 9.17) is 5.73 Å². The van der Waals surface area contributed by atoms with Crippen LogP contribution in [0.15, 0.2) is 36.5 Å². The third-order valence-corrected chi connectivity index (χ3v) is 2.70. The maximum Gasteiger partial charge on any atom is 0.129 e. The summed E-state index contributed by atoms with van der Waals surface area (Å²) in [6, 6.07) is 7.46. The Morgan fingerprint density at radius 1 is 1.24 bits per heavy atom. The zero-order valence-electron chi connectivity index (χ0n) is 9.39. The second-order valence-corrected chi connectivity index (χ2v) is 3.88. The highest BCUT2D eigenvalue weighted by atomic mass is 19.1. The van der Waals surface area contributed by atoms with Gasteiger partial charge in [0.1, 0.15) is 17.7 Å². The van der Waals surface area contributed by atoms with Crippen molar-refractivity contribution in [2.75, 3.05) is 5.73 Å². The first-order chi connectivity index (χ1) is 8.09. The van der Waals surface area contributed by atoms with Crippen molar-refractivity contribution < 1.29 is 9.50 Å². The average molecular weight is 232 g/mol. The van der Waals surface area contributed by atoms with Crippen LogP contribution in [0.1, 0.15) is 22.8 Å². The van der Waals surface area contributed by atoms with Gasteiger partial charge in [-0.25, -0.2) is 9.37 Å². The SMILES string of the molecule is Cc1ccnc(N)c1C(O)c1ccc(F)cc1. The van der Waals surface area contributed by atoms with Crippen molar-refractivity contribution in [1.29, 1.82) is 0 Å². The van der Waals surface area contributed by atoms with Gasteiger partial charge < -0.3 is 10.8 Å². The highest BCUT2D eigenvalue weighted by molar-refractivity contribution is 5.48. The van der Waals surface area contributed by atoms with Crippen molar-refractivity contribution in [3.05, 3.63) is 59.0 Å². The number of hydrogen-bond donors (Lipinski definition) is 2. The fourth-order valence-electron chi connectivity index (χ4n) is 1.76. The smallest absolute Gasteiger partial charge is 0.129 e. The summed E-state index contributed by atoms with van der Waals surface area (Å²) in [5, 5.41) is 10.2. The molecular weight excluding hydrogens is 219 g/mol. The molecule has 0 radical (unpaired) electrons. The number of hydrogen-bond acceptors (Lipinski definition) is 3. The Bertz CT molecular complexity index is 505. The third kappa shape index (κ3) is 2.26. The molecule has 0 aliphatic rings. The summed E-state index contributed by atoms with van der Waals surface area (Å²) in [7, 11) is 0. The van der Waals surface area contributed by atoms with Gasteiger partial charge in [0.2, 0.25) is 0 Å². The lowest BCUT2D eigenvalue weighted by Gasteiger charge is -2.15. The zero-order valence-corrected chi connectivity index (χ0v) is 9.39. The van der Waals surface area contributed by atoms with Gasteiger partial charge in [0.25, 0.3) is 0 Å². The average Bonchev–Trinajstić information content (AvgIpc) is 2.29. The Balaban J connectivity index is 2.43. The molecule has 0 amide bonds. The fourth-order valence-corrected chi connectivity index (χ4v) is 1.76. The maximum atomic E-state index is 12.8. The Kier molecular flexibility index (Phi) is 3.06. The zero-order chi connectivity index (χ0) is 12.4. The summed E-state index contributed by atoms with van der Waals surface area (Å²) in [5.74, 6) is -0.0429. The van der Waals surface area contributed by atoms with E-state index in [1.807, 2.05) is 6.92 Å². The van der Waals surface area contributed by atoms with Crippen LogP contribution in [0, 0.1) is 12.7 Å². The minimum absolute atomic E-state index is 0.293. The minimum atomic E-state index is -0.885. The first-order valence-corrected chi connectivity index (χ1v) is 5.24. The van der Waals surface area contributed by atoms with Crippen LogP contribution in [0.3, 0.4) is 0 Å². The molecule has 1 atom stereocenters. The second-order valence-electron chi connectivity index (χ2n) is 3.88. The number of aromatic nitrogens is 1. The van der Waals surface area contributed by atoms with Crippen LogP contribution in [0.5, 0.6) is 0 Å². The summed E-state index contributed by atoms with van der Waals surface area (Å²) in [6.07, 6.45) is 0.704. The number of aliphatic hydroxyl groups is 1. The highest BCUT2D eigenvalue weighted by Crippen LogP contribution is 2.28. The monoisotopic (exact) mass is 232 g/mol. The Labute approximate surface area is 98.7 Å². The molecule has 1 aromatic heterocycles. The van der Waals surface area contributed by atoms with Crippen LogP contribution in [0.25, 0.3) is 0 Å². The van der Waals surface area contributed by atoms with E-state index in [-0.39, 0.29) is 5.82 Å². The maximum absolute atomic E-state index is 12.8. The van der Waals surface area contributed by atoms with E-state index >= 15 is 0 Å². The van der Waals surface area contributed by atoms with E-state index in [1.165, 1.54) is 24.3 Å². The Morgan fingerprint density at radius 3 is 2.47 bits per heavy atom. The first kappa shape index (κ1) is 11.5. The van der Waals surface area contributed by atoms with Gasteiger partial charge in [-0.1, -0.05) is 12.1 Å². The predicted octanol–water partition coefficient (Wildman–Crippen LogP) is 2.19. The van der Waals surface area contributed by atoms with Gasteiger partial charge in [-0.15, -0.1) is 0 Å². The molecule has 0 saturated heterocycles. The van der Waals surface area contributed by atoms with E-state index in [0.717, 1.165) is 5.56 Å². The number of aryl methyl sites for hydroxylation is 1. The number of rotatable bonds is 2. The van der Waals surface area contributed by atoms with Gasteiger partial charge in [-0.3, -0.25) is 0 Å². The van der Waals surface area contributed by atoms with Gasteiger partial charge in [0.05, 0.1) is 0 Å². The van der Waals surface area contributed by atoms with Gasteiger partial charge >= 0.3 is 0 Å². The lowest BCUT2D eigenvalue weighted by atomic mass is 9.98. The molecule has 2 rings (SSSR count). The number of halogens is 1. The van der Waals surface area contributed by atoms with E-state index in [9.17, 15) is 9.50 Å². The normalized spacial score (nSPS) is 12.4. The predicted molar refractivity (Wildman–Crippen MR) is 63.8 cm³/mol. The molecule has 1 unspecified atom stereocenters. The second kappa shape index (κ2) is 4.51. The minimum Gasteiger partial charge on any atom is -0.384 e. The molecule has 1 heterocycles.